The number of hydrogen-bond acceptors (Lipinski definition) is 4. The summed E-state index contributed by atoms with van der Waals surface area (Å²) < 4.78 is 29.9. The number of sulfone groups is 1. The van der Waals surface area contributed by atoms with Crippen LogP contribution in [0.5, 0.6) is 5.75 Å². The fourth-order valence-electron chi connectivity index (χ4n) is 1.94. The second-order valence-electron chi connectivity index (χ2n) is 4.57. The van der Waals surface area contributed by atoms with Crippen LogP contribution < -0.4 is 10.5 Å². The largest absolute Gasteiger partial charge is 0.497 e. The molecule has 0 fully saturated rings. The standard InChI is InChI=1S/C15H17NO3S/c1-11-12(5-3-8-15(11)16)10-20(17,18)14-7-4-6-13(9-14)19-2/h3-9H,10,16H2,1-2H3. The third kappa shape index (κ3) is 2.93. The van der Waals surface area contributed by atoms with E-state index in [0.717, 1.165) is 5.56 Å². The van der Waals surface area contributed by atoms with Crippen LogP contribution in [0, 0.1) is 6.92 Å². The number of rotatable bonds is 4. The van der Waals surface area contributed by atoms with Gasteiger partial charge in [0.2, 0.25) is 0 Å². The highest BCUT2D eigenvalue weighted by Crippen LogP contribution is 2.24. The van der Waals surface area contributed by atoms with Crippen LogP contribution in [0.4, 0.5) is 5.69 Å². The van der Waals surface area contributed by atoms with Gasteiger partial charge in [-0.3, -0.25) is 0 Å². The molecule has 0 radical (unpaired) electrons. The van der Waals surface area contributed by atoms with E-state index in [0.29, 0.717) is 17.0 Å². The molecule has 0 aliphatic heterocycles. The number of hydrogen-bond donors (Lipinski definition) is 1. The van der Waals surface area contributed by atoms with E-state index >= 15 is 0 Å². The maximum absolute atomic E-state index is 12.4. The zero-order valence-corrected chi connectivity index (χ0v) is 12.3. The lowest BCUT2D eigenvalue weighted by Crippen LogP contribution is -2.07. The first-order valence-corrected chi connectivity index (χ1v) is 7.80. The highest BCUT2D eigenvalue weighted by atomic mass is 32.2. The van der Waals surface area contributed by atoms with Crippen LogP contribution in [-0.4, -0.2) is 15.5 Å². The maximum atomic E-state index is 12.4. The summed E-state index contributed by atoms with van der Waals surface area (Å²) in [5.74, 6) is 0.451. The second-order valence-corrected chi connectivity index (χ2v) is 6.56. The predicted molar refractivity (Wildman–Crippen MR) is 79.5 cm³/mol. The molecule has 0 saturated heterocycles. The minimum atomic E-state index is -3.42. The Morgan fingerprint density at radius 2 is 1.85 bits per heavy atom. The summed E-state index contributed by atoms with van der Waals surface area (Å²) in [7, 11) is -1.91. The summed E-state index contributed by atoms with van der Waals surface area (Å²) in [6.45, 7) is 1.83. The summed E-state index contributed by atoms with van der Waals surface area (Å²) >= 11 is 0. The molecular formula is C15H17NO3S. The zero-order valence-electron chi connectivity index (χ0n) is 11.5. The Hall–Kier alpha value is -2.01. The van der Waals surface area contributed by atoms with Crippen molar-refractivity contribution in [2.45, 2.75) is 17.6 Å². The van der Waals surface area contributed by atoms with Gasteiger partial charge in [0, 0.05) is 5.69 Å². The van der Waals surface area contributed by atoms with Crippen LogP contribution in [0.1, 0.15) is 11.1 Å². The van der Waals surface area contributed by atoms with Gasteiger partial charge in [0.25, 0.3) is 0 Å². The summed E-state index contributed by atoms with van der Waals surface area (Å²) in [5.41, 5.74) is 7.93. The summed E-state index contributed by atoms with van der Waals surface area (Å²) in [4.78, 5) is 0.249. The SMILES string of the molecule is COc1cccc(S(=O)(=O)Cc2cccc(N)c2C)c1. The van der Waals surface area contributed by atoms with Crippen molar-refractivity contribution in [1.29, 1.82) is 0 Å². The Morgan fingerprint density at radius 3 is 2.55 bits per heavy atom. The van der Waals surface area contributed by atoms with Crippen molar-refractivity contribution >= 4 is 15.5 Å². The molecule has 0 saturated carbocycles. The Bertz CT molecular complexity index is 724. The molecule has 0 aliphatic rings. The second kappa shape index (κ2) is 5.54. The average Bonchev–Trinajstić information content (AvgIpc) is 2.44. The highest BCUT2D eigenvalue weighted by molar-refractivity contribution is 7.90. The first kappa shape index (κ1) is 14.4. The average molecular weight is 291 g/mol. The Kier molecular flexibility index (Phi) is 3.99. The van der Waals surface area contributed by atoms with Crippen molar-refractivity contribution in [3.63, 3.8) is 0 Å². The summed E-state index contributed by atoms with van der Waals surface area (Å²) in [5, 5.41) is 0. The van der Waals surface area contributed by atoms with Gasteiger partial charge >= 0.3 is 0 Å². The summed E-state index contributed by atoms with van der Waals surface area (Å²) in [6, 6.07) is 11.8. The van der Waals surface area contributed by atoms with Crippen LogP contribution in [0.15, 0.2) is 47.4 Å². The molecular weight excluding hydrogens is 274 g/mol. The Morgan fingerprint density at radius 1 is 1.15 bits per heavy atom. The van der Waals surface area contributed by atoms with Gasteiger partial charge in [0.1, 0.15) is 5.75 Å². The number of nitrogen functional groups attached to an aromatic ring is 1. The van der Waals surface area contributed by atoms with Crippen LogP contribution in [0.25, 0.3) is 0 Å². The highest BCUT2D eigenvalue weighted by Gasteiger charge is 2.17. The van der Waals surface area contributed by atoms with E-state index in [1.165, 1.54) is 13.2 Å². The molecule has 0 bridgehead atoms. The minimum absolute atomic E-state index is 0.0724. The molecule has 5 heteroatoms. The van der Waals surface area contributed by atoms with Crippen molar-refractivity contribution < 1.29 is 13.2 Å². The quantitative estimate of drug-likeness (QED) is 0.879. The number of methoxy groups -OCH3 is 1. The summed E-state index contributed by atoms with van der Waals surface area (Å²) in [6.07, 6.45) is 0. The molecule has 0 amide bonds. The fraction of sp³-hybridized carbons (Fsp3) is 0.200. The molecule has 0 atom stereocenters. The number of benzene rings is 2. The topological polar surface area (TPSA) is 69.4 Å². The van der Waals surface area contributed by atoms with E-state index in [9.17, 15) is 8.42 Å². The van der Waals surface area contributed by atoms with Gasteiger partial charge in [0.05, 0.1) is 17.8 Å². The fourth-order valence-corrected chi connectivity index (χ4v) is 3.41. The molecule has 0 aromatic heterocycles. The van der Waals surface area contributed by atoms with Gasteiger partial charge in [0.15, 0.2) is 9.84 Å². The molecule has 106 valence electrons. The smallest absolute Gasteiger partial charge is 0.182 e. The van der Waals surface area contributed by atoms with E-state index in [2.05, 4.69) is 0 Å². The third-order valence-electron chi connectivity index (χ3n) is 3.23. The van der Waals surface area contributed by atoms with Crippen molar-refractivity contribution in [3.05, 3.63) is 53.6 Å². The molecule has 2 N–H and O–H groups in total. The van der Waals surface area contributed by atoms with E-state index in [1.54, 1.807) is 36.4 Å². The van der Waals surface area contributed by atoms with E-state index < -0.39 is 9.84 Å². The molecule has 0 spiro atoms. The van der Waals surface area contributed by atoms with Crippen LogP contribution in [0.2, 0.25) is 0 Å². The van der Waals surface area contributed by atoms with Gasteiger partial charge in [-0.2, -0.15) is 0 Å². The third-order valence-corrected chi connectivity index (χ3v) is 4.90. The molecule has 4 nitrogen and oxygen atoms in total. The Balaban J connectivity index is 2.38. The molecule has 0 unspecified atom stereocenters. The molecule has 2 aromatic rings. The Labute approximate surface area is 119 Å². The van der Waals surface area contributed by atoms with Crippen LogP contribution in [0.3, 0.4) is 0 Å². The monoisotopic (exact) mass is 291 g/mol. The number of ether oxygens (including phenoxy) is 1. The van der Waals surface area contributed by atoms with Crippen molar-refractivity contribution in [2.75, 3.05) is 12.8 Å². The van der Waals surface area contributed by atoms with Gasteiger partial charge in [-0.1, -0.05) is 18.2 Å². The lowest BCUT2D eigenvalue weighted by molar-refractivity contribution is 0.413. The number of nitrogens with two attached hydrogens (primary N) is 1. The zero-order chi connectivity index (χ0) is 14.8. The van der Waals surface area contributed by atoms with Gasteiger partial charge in [-0.15, -0.1) is 0 Å². The van der Waals surface area contributed by atoms with E-state index in [1.807, 2.05) is 6.92 Å². The molecule has 2 rings (SSSR count). The van der Waals surface area contributed by atoms with Gasteiger partial charge in [-0.05, 0) is 42.3 Å². The lowest BCUT2D eigenvalue weighted by Gasteiger charge is -2.10. The van der Waals surface area contributed by atoms with Crippen molar-refractivity contribution in [3.8, 4) is 5.75 Å². The molecule has 2 aromatic carbocycles. The lowest BCUT2D eigenvalue weighted by atomic mass is 10.1. The predicted octanol–water partition coefficient (Wildman–Crippen LogP) is 2.56. The van der Waals surface area contributed by atoms with Gasteiger partial charge < -0.3 is 10.5 Å². The van der Waals surface area contributed by atoms with E-state index in [-0.39, 0.29) is 10.6 Å². The first-order chi connectivity index (χ1) is 9.44. The molecule has 20 heavy (non-hydrogen) atoms. The van der Waals surface area contributed by atoms with Crippen molar-refractivity contribution in [1.82, 2.24) is 0 Å². The number of anilines is 1. The van der Waals surface area contributed by atoms with Crippen LogP contribution in [-0.2, 0) is 15.6 Å². The molecule has 0 heterocycles. The first-order valence-electron chi connectivity index (χ1n) is 6.15. The van der Waals surface area contributed by atoms with Crippen molar-refractivity contribution in [2.24, 2.45) is 0 Å². The molecule has 0 aliphatic carbocycles. The normalized spacial score (nSPS) is 11.3. The van der Waals surface area contributed by atoms with E-state index in [4.69, 9.17) is 10.5 Å². The van der Waals surface area contributed by atoms with Gasteiger partial charge in [-0.25, -0.2) is 8.42 Å². The maximum Gasteiger partial charge on any atom is 0.182 e. The minimum Gasteiger partial charge on any atom is -0.497 e. The van der Waals surface area contributed by atoms with Crippen LogP contribution >= 0.6 is 0 Å².